The van der Waals surface area contributed by atoms with E-state index in [1.165, 1.54) is 19.3 Å². The minimum absolute atomic E-state index is 0. The number of nitrogens with one attached hydrogen (secondary N) is 2. The van der Waals surface area contributed by atoms with Crippen LogP contribution in [0.3, 0.4) is 0 Å². The average molecular weight is 544 g/mol. The number of rotatable bonds is 9. The van der Waals surface area contributed by atoms with Crippen molar-refractivity contribution >= 4 is 41.7 Å². The predicted molar refractivity (Wildman–Crippen MR) is 135 cm³/mol. The topological polar surface area (TPSA) is 82.1 Å². The van der Waals surface area contributed by atoms with Gasteiger partial charge < -0.3 is 25.2 Å². The molecule has 1 aliphatic carbocycles. The molecule has 1 amide bonds. The number of carbonyl (C=O) groups excluding carboxylic acids is 1. The molecule has 1 saturated carbocycles. The summed E-state index contributed by atoms with van der Waals surface area (Å²) in [7, 11) is 3.53. The number of anilines is 1. The first-order valence-electron chi connectivity index (χ1n) is 11.0. The zero-order chi connectivity index (χ0) is 21.2. The number of ether oxygens (including phenoxy) is 1. The standard InChI is InChI=1S/C22H36N6O2.HI/c1-23-21(26-18-22(8-5-9-22)10-17-30-2)25-12-7-20(29)28-15-13-27(14-16-28)19-6-3-4-11-24-19;/h3-4,6,11H,5,7-10,12-18H2,1-2H3,(H2,23,25,26);1H. The second-order valence-corrected chi connectivity index (χ2v) is 8.25. The molecule has 1 aromatic heterocycles. The maximum atomic E-state index is 12.6. The van der Waals surface area contributed by atoms with E-state index in [0.717, 1.165) is 57.5 Å². The zero-order valence-corrected chi connectivity index (χ0v) is 21.1. The Balaban J connectivity index is 0.00000341. The third-order valence-electron chi connectivity index (χ3n) is 6.34. The number of methoxy groups -OCH3 is 1. The van der Waals surface area contributed by atoms with E-state index in [1.807, 2.05) is 29.3 Å². The van der Waals surface area contributed by atoms with Gasteiger partial charge in [0.05, 0.1) is 0 Å². The van der Waals surface area contributed by atoms with Gasteiger partial charge in [0.15, 0.2) is 5.96 Å². The molecule has 0 bridgehead atoms. The molecule has 2 aliphatic rings. The first kappa shape index (κ1) is 25.6. The van der Waals surface area contributed by atoms with Gasteiger partial charge in [-0.25, -0.2) is 4.98 Å². The number of halogens is 1. The summed E-state index contributed by atoms with van der Waals surface area (Å²) in [4.78, 5) is 25.5. The number of amides is 1. The van der Waals surface area contributed by atoms with Gasteiger partial charge in [-0.15, -0.1) is 24.0 Å². The molecule has 31 heavy (non-hydrogen) atoms. The summed E-state index contributed by atoms with van der Waals surface area (Å²) in [6, 6.07) is 5.94. The van der Waals surface area contributed by atoms with E-state index < -0.39 is 0 Å². The Morgan fingerprint density at radius 3 is 2.58 bits per heavy atom. The molecule has 9 heteroatoms. The SMILES string of the molecule is CN=C(NCCC(=O)N1CCN(c2ccccn2)CC1)NCC1(CCOC)CCC1.I. The van der Waals surface area contributed by atoms with Crippen LogP contribution in [-0.4, -0.2) is 81.8 Å². The molecular weight excluding hydrogens is 507 g/mol. The first-order valence-corrected chi connectivity index (χ1v) is 11.0. The highest BCUT2D eigenvalue weighted by molar-refractivity contribution is 14.0. The Hall–Kier alpha value is -1.62. The summed E-state index contributed by atoms with van der Waals surface area (Å²) in [6.07, 6.45) is 7.13. The Bertz CT molecular complexity index is 691. The molecule has 1 saturated heterocycles. The number of pyridine rings is 1. The lowest BCUT2D eigenvalue weighted by molar-refractivity contribution is -0.131. The Morgan fingerprint density at radius 1 is 1.23 bits per heavy atom. The summed E-state index contributed by atoms with van der Waals surface area (Å²) < 4.78 is 5.26. The van der Waals surface area contributed by atoms with Crippen molar-refractivity contribution in [3.8, 4) is 0 Å². The lowest BCUT2D eigenvalue weighted by Gasteiger charge is -2.42. The van der Waals surface area contributed by atoms with Gasteiger partial charge >= 0.3 is 0 Å². The number of nitrogens with zero attached hydrogens (tertiary/aromatic N) is 4. The fourth-order valence-electron chi connectivity index (χ4n) is 4.17. The highest BCUT2D eigenvalue weighted by atomic mass is 127. The van der Waals surface area contributed by atoms with E-state index in [1.54, 1.807) is 14.2 Å². The van der Waals surface area contributed by atoms with E-state index in [0.29, 0.717) is 18.4 Å². The van der Waals surface area contributed by atoms with Crippen molar-refractivity contribution in [1.82, 2.24) is 20.5 Å². The zero-order valence-electron chi connectivity index (χ0n) is 18.8. The van der Waals surface area contributed by atoms with Crippen molar-refractivity contribution < 1.29 is 9.53 Å². The van der Waals surface area contributed by atoms with Gasteiger partial charge in [-0.3, -0.25) is 9.79 Å². The predicted octanol–water partition coefficient (Wildman–Crippen LogP) is 2.11. The highest BCUT2D eigenvalue weighted by Gasteiger charge is 2.36. The number of hydrogen-bond acceptors (Lipinski definition) is 5. The smallest absolute Gasteiger partial charge is 0.224 e. The van der Waals surface area contributed by atoms with Crippen LogP contribution in [-0.2, 0) is 9.53 Å². The lowest BCUT2D eigenvalue weighted by atomic mass is 9.67. The summed E-state index contributed by atoms with van der Waals surface area (Å²) in [5, 5.41) is 6.73. The number of carbonyl (C=O) groups is 1. The van der Waals surface area contributed by atoms with E-state index in [4.69, 9.17) is 4.74 Å². The fraction of sp³-hybridized carbons (Fsp3) is 0.682. The molecule has 1 aromatic rings. The van der Waals surface area contributed by atoms with Gasteiger partial charge in [0.2, 0.25) is 5.91 Å². The van der Waals surface area contributed by atoms with Crippen molar-refractivity contribution in [3.05, 3.63) is 24.4 Å². The van der Waals surface area contributed by atoms with Gasteiger partial charge in [0, 0.05) is 72.7 Å². The Labute approximate surface area is 203 Å². The maximum Gasteiger partial charge on any atom is 0.224 e. The normalized spacial score (nSPS) is 18.1. The van der Waals surface area contributed by atoms with Crippen molar-refractivity contribution in [2.75, 3.05) is 64.9 Å². The van der Waals surface area contributed by atoms with Crippen LogP contribution in [0.5, 0.6) is 0 Å². The number of guanidine groups is 1. The Kier molecular flexibility index (Phi) is 10.8. The van der Waals surface area contributed by atoms with E-state index in [2.05, 4.69) is 25.5 Å². The molecule has 174 valence electrons. The molecule has 0 aromatic carbocycles. The molecular formula is C22H37IN6O2. The molecule has 2 fully saturated rings. The minimum atomic E-state index is 0. The first-order chi connectivity index (χ1) is 14.7. The molecule has 0 unspecified atom stereocenters. The van der Waals surface area contributed by atoms with Gasteiger partial charge in [0.1, 0.15) is 5.82 Å². The average Bonchev–Trinajstić information content (AvgIpc) is 2.77. The van der Waals surface area contributed by atoms with Crippen LogP contribution < -0.4 is 15.5 Å². The van der Waals surface area contributed by atoms with Gasteiger partial charge in [-0.2, -0.15) is 0 Å². The van der Waals surface area contributed by atoms with Crippen molar-refractivity contribution in [2.45, 2.75) is 32.1 Å². The van der Waals surface area contributed by atoms with Gasteiger partial charge in [-0.05, 0) is 36.8 Å². The Morgan fingerprint density at radius 2 is 2.00 bits per heavy atom. The van der Waals surface area contributed by atoms with Crippen LogP contribution in [0.25, 0.3) is 0 Å². The third kappa shape index (κ3) is 7.48. The summed E-state index contributed by atoms with van der Waals surface area (Å²) in [5.74, 6) is 1.94. The van der Waals surface area contributed by atoms with Crippen LogP contribution in [0.2, 0.25) is 0 Å². The molecule has 2 N–H and O–H groups in total. The molecule has 0 spiro atoms. The van der Waals surface area contributed by atoms with Gasteiger partial charge in [0.25, 0.3) is 0 Å². The molecule has 3 rings (SSSR count). The lowest BCUT2D eigenvalue weighted by Crippen LogP contribution is -2.50. The number of piperazine rings is 1. The van der Waals surface area contributed by atoms with Crippen molar-refractivity contribution in [1.29, 1.82) is 0 Å². The second-order valence-electron chi connectivity index (χ2n) is 8.25. The number of aromatic nitrogens is 1. The summed E-state index contributed by atoms with van der Waals surface area (Å²) in [5.41, 5.74) is 0.330. The van der Waals surface area contributed by atoms with E-state index in [-0.39, 0.29) is 29.9 Å². The maximum absolute atomic E-state index is 12.6. The van der Waals surface area contributed by atoms with E-state index >= 15 is 0 Å². The van der Waals surface area contributed by atoms with Crippen LogP contribution in [0.4, 0.5) is 5.82 Å². The van der Waals surface area contributed by atoms with Crippen LogP contribution >= 0.6 is 24.0 Å². The molecule has 0 radical (unpaired) electrons. The van der Waals surface area contributed by atoms with E-state index in [9.17, 15) is 4.79 Å². The largest absolute Gasteiger partial charge is 0.385 e. The quantitative estimate of drug-likeness (QED) is 0.282. The number of aliphatic imine (C=N–C) groups is 1. The van der Waals surface area contributed by atoms with Crippen molar-refractivity contribution in [2.24, 2.45) is 10.4 Å². The summed E-state index contributed by atoms with van der Waals surface area (Å²) >= 11 is 0. The molecule has 8 nitrogen and oxygen atoms in total. The van der Waals surface area contributed by atoms with Crippen molar-refractivity contribution in [3.63, 3.8) is 0 Å². The molecule has 1 aliphatic heterocycles. The number of hydrogen-bond donors (Lipinski definition) is 2. The van der Waals surface area contributed by atoms with Crippen LogP contribution in [0.15, 0.2) is 29.4 Å². The van der Waals surface area contributed by atoms with Gasteiger partial charge in [-0.1, -0.05) is 12.5 Å². The molecule has 2 heterocycles. The second kappa shape index (κ2) is 13.0. The monoisotopic (exact) mass is 544 g/mol. The molecule has 0 atom stereocenters. The van der Waals surface area contributed by atoms with Crippen LogP contribution in [0, 0.1) is 5.41 Å². The minimum Gasteiger partial charge on any atom is -0.385 e. The third-order valence-corrected chi connectivity index (χ3v) is 6.34. The highest BCUT2D eigenvalue weighted by Crippen LogP contribution is 2.43. The summed E-state index contributed by atoms with van der Waals surface area (Å²) in [6.45, 7) is 5.42. The van der Waals surface area contributed by atoms with Crippen LogP contribution in [0.1, 0.15) is 32.1 Å². The fourth-order valence-corrected chi connectivity index (χ4v) is 4.17.